The SMILES string of the molecule is CN1CCN(c2nn(C)c3ccc(Cl)nc23)CC1. The summed E-state index contributed by atoms with van der Waals surface area (Å²) in [4.78, 5) is 9.02. The first-order valence-electron chi connectivity index (χ1n) is 6.08. The minimum atomic E-state index is 0.519. The van der Waals surface area contributed by atoms with Gasteiger partial charge in [-0.3, -0.25) is 4.68 Å². The van der Waals surface area contributed by atoms with Gasteiger partial charge in [0.25, 0.3) is 0 Å². The molecule has 0 spiro atoms. The van der Waals surface area contributed by atoms with Crippen molar-refractivity contribution < 1.29 is 0 Å². The van der Waals surface area contributed by atoms with Crippen LogP contribution in [-0.4, -0.2) is 52.9 Å². The van der Waals surface area contributed by atoms with Crippen molar-refractivity contribution in [3.05, 3.63) is 17.3 Å². The summed E-state index contributed by atoms with van der Waals surface area (Å²) >= 11 is 5.99. The zero-order valence-electron chi connectivity index (χ0n) is 10.6. The molecule has 0 aliphatic carbocycles. The number of aryl methyl sites for hydroxylation is 1. The summed E-state index contributed by atoms with van der Waals surface area (Å²) in [5.41, 5.74) is 1.92. The molecule has 0 amide bonds. The van der Waals surface area contributed by atoms with Gasteiger partial charge in [-0.2, -0.15) is 5.10 Å². The molecule has 2 aromatic heterocycles. The summed E-state index contributed by atoms with van der Waals surface area (Å²) in [7, 11) is 4.08. The summed E-state index contributed by atoms with van der Waals surface area (Å²) in [5, 5.41) is 5.10. The topological polar surface area (TPSA) is 37.2 Å². The third-order valence-corrected chi connectivity index (χ3v) is 3.66. The fourth-order valence-corrected chi connectivity index (χ4v) is 2.48. The van der Waals surface area contributed by atoms with Crippen molar-refractivity contribution in [1.29, 1.82) is 0 Å². The molecular formula is C12H16ClN5. The maximum absolute atomic E-state index is 5.99. The van der Waals surface area contributed by atoms with Crippen LogP contribution < -0.4 is 4.90 Å². The zero-order valence-corrected chi connectivity index (χ0v) is 11.4. The molecule has 5 nitrogen and oxygen atoms in total. The average molecular weight is 266 g/mol. The molecule has 0 radical (unpaired) electrons. The van der Waals surface area contributed by atoms with Gasteiger partial charge in [-0.1, -0.05) is 11.6 Å². The van der Waals surface area contributed by atoms with Crippen LogP contribution in [0.2, 0.25) is 5.15 Å². The molecule has 2 aromatic rings. The molecule has 3 heterocycles. The van der Waals surface area contributed by atoms with E-state index in [0.29, 0.717) is 5.15 Å². The second-order valence-corrected chi connectivity index (χ2v) is 5.13. The van der Waals surface area contributed by atoms with E-state index in [-0.39, 0.29) is 0 Å². The Morgan fingerprint density at radius 2 is 1.83 bits per heavy atom. The highest BCUT2D eigenvalue weighted by Crippen LogP contribution is 2.26. The predicted octanol–water partition coefficient (Wildman–Crippen LogP) is 1.37. The molecule has 18 heavy (non-hydrogen) atoms. The van der Waals surface area contributed by atoms with E-state index in [1.807, 2.05) is 17.8 Å². The molecule has 0 saturated carbocycles. The van der Waals surface area contributed by atoms with Crippen LogP contribution in [0, 0.1) is 0 Å². The average Bonchev–Trinajstić information content (AvgIpc) is 2.67. The lowest BCUT2D eigenvalue weighted by Gasteiger charge is -2.32. The summed E-state index contributed by atoms with van der Waals surface area (Å²) in [6.07, 6.45) is 0. The number of likely N-dealkylation sites (N-methyl/N-ethyl adjacent to an activating group) is 1. The van der Waals surface area contributed by atoms with Gasteiger partial charge in [0.15, 0.2) is 5.82 Å². The minimum Gasteiger partial charge on any atom is -0.351 e. The molecule has 0 aromatic carbocycles. The first-order chi connectivity index (χ1) is 8.65. The molecule has 96 valence electrons. The van der Waals surface area contributed by atoms with E-state index in [1.54, 1.807) is 6.07 Å². The van der Waals surface area contributed by atoms with E-state index < -0.39 is 0 Å². The number of aromatic nitrogens is 3. The molecule has 1 aliphatic rings. The number of nitrogens with zero attached hydrogens (tertiary/aromatic N) is 5. The van der Waals surface area contributed by atoms with E-state index in [1.165, 1.54) is 0 Å². The molecule has 1 saturated heterocycles. The van der Waals surface area contributed by atoms with Crippen LogP contribution in [0.3, 0.4) is 0 Å². The Morgan fingerprint density at radius 3 is 2.56 bits per heavy atom. The number of anilines is 1. The van der Waals surface area contributed by atoms with Crippen molar-refractivity contribution in [1.82, 2.24) is 19.7 Å². The van der Waals surface area contributed by atoms with Crippen LogP contribution in [0.15, 0.2) is 12.1 Å². The summed E-state index contributed by atoms with van der Waals surface area (Å²) in [6.45, 7) is 4.07. The summed E-state index contributed by atoms with van der Waals surface area (Å²) < 4.78 is 1.87. The smallest absolute Gasteiger partial charge is 0.177 e. The fourth-order valence-electron chi connectivity index (χ4n) is 2.33. The zero-order chi connectivity index (χ0) is 12.7. The molecule has 0 N–H and O–H groups in total. The summed E-state index contributed by atoms with van der Waals surface area (Å²) in [5.74, 6) is 0.947. The lowest BCUT2D eigenvalue weighted by molar-refractivity contribution is 0.312. The molecule has 1 aliphatic heterocycles. The predicted molar refractivity (Wildman–Crippen MR) is 73.2 cm³/mol. The molecule has 0 bridgehead atoms. The van der Waals surface area contributed by atoms with Crippen LogP contribution in [0.4, 0.5) is 5.82 Å². The van der Waals surface area contributed by atoms with Crippen molar-refractivity contribution in [2.45, 2.75) is 0 Å². The molecule has 1 fully saturated rings. The van der Waals surface area contributed by atoms with Gasteiger partial charge in [0, 0.05) is 33.2 Å². The molecule has 0 unspecified atom stereocenters. The Morgan fingerprint density at radius 1 is 1.11 bits per heavy atom. The Labute approximate surface area is 111 Å². The van der Waals surface area contributed by atoms with Gasteiger partial charge in [0.1, 0.15) is 10.7 Å². The lowest BCUT2D eigenvalue weighted by atomic mass is 10.3. The van der Waals surface area contributed by atoms with Gasteiger partial charge in [0.2, 0.25) is 0 Å². The van der Waals surface area contributed by atoms with Crippen LogP contribution >= 0.6 is 11.6 Å². The second kappa shape index (κ2) is 4.40. The van der Waals surface area contributed by atoms with Gasteiger partial charge in [-0.15, -0.1) is 0 Å². The van der Waals surface area contributed by atoms with Crippen molar-refractivity contribution in [2.75, 3.05) is 38.1 Å². The highest BCUT2D eigenvalue weighted by Gasteiger charge is 2.20. The largest absolute Gasteiger partial charge is 0.351 e. The van der Waals surface area contributed by atoms with Gasteiger partial charge < -0.3 is 9.80 Å². The van der Waals surface area contributed by atoms with E-state index in [0.717, 1.165) is 43.0 Å². The monoisotopic (exact) mass is 265 g/mol. The van der Waals surface area contributed by atoms with Crippen LogP contribution in [0.25, 0.3) is 11.0 Å². The maximum Gasteiger partial charge on any atom is 0.177 e. The number of hydrogen-bond acceptors (Lipinski definition) is 4. The van der Waals surface area contributed by atoms with Gasteiger partial charge in [0.05, 0.1) is 5.52 Å². The first kappa shape index (κ1) is 11.7. The molecular weight excluding hydrogens is 250 g/mol. The van der Waals surface area contributed by atoms with Crippen LogP contribution in [0.1, 0.15) is 0 Å². The molecule has 0 atom stereocenters. The second-order valence-electron chi connectivity index (χ2n) is 4.74. The van der Waals surface area contributed by atoms with E-state index >= 15 is 0 Å². The molecule has 6 heteroatoms. The third kappa shape index (κ3) is 1.93. The van der Waals surface area contributed by atoms with Crippen molar-refractivity contribution in [3.8, 4) is 0 Å². The lowest BCUT2D eigenvalue weighted by Crippen LogP contribution is -2.44. The van der Waals surface area contributed by atoms with Gasteiger partial charge in [-0.05, 0) is 19.2 Å². The summed E-state index contributed by atoms with van der Waals surface area (Å²) in [6, 6.07) is 3.77. The Kier molecular flexibility index (Phi) is 2.87. The fraction of sp³-hybridized carbons (Fsp3) is 0.500. The van der Waals surface area contributed by atoms with Crippen molar-refractivity contribution in [2.24, 2.45) is 7.05 Å². The van der Waals surface area contributed by atoms with E-state index in [9.17, 15) is 0 Å². The molecule has 3 rings (SSSR count). The normalized spacial score (nSPS) is 17.6. The van der Waals surface area contributed by atoms with E-state index in [4.69, 9.17) is 11.6 Å². The number of rotatable bonds is 1. The van der Waals surface area contributed by atoms with Gasteiger partial charge >= 0.3 is 0 Å². The van der Waals surface area contributed by atoms with Crippen molar-refractivity contribution in [3.63, 3.8) is 0 Å². The Bertz CT molecular complexity index is 571. The minimum absolute atomic E-state index is 0.519. The Hall–Kier alpha value is -1.33. The number of pyridine rings is 1. The van der Waals surface area contributed by atoms with E-state index in [2.05, 4.69) is 26.9 Å². The standard InChI is InChI=1S/C12H16ClN5/c1-16-5-7-18(8-6-16)12-11-9(17(2)15-12)3-4-10(13)14-11/h3-4H,5-8H2,1-2H3. The third-order valence-electron chi connectivity index (χ3n) is 3.45. The first-order valence-corrected chi connectivity index (χ1v) is 6.46. The quantitative estimate of drug-likeness (QED) is 0.730. The Balaban J connectivity index is 2.03. The van der Waals surface area contributed by atoms with Gasteiger partial charge in [-0.25, -0.2) is 4.98 Å². The highest BCUT2D eigenvalue weighted by atomic mass is 35.5. The number of hydrogen-bond donors (Lipinski definition) is 0. The van der Waals surface area contributed by atoms with Crippen LogP contribution in [0.5, 0.6) is 0 Å². The van der Waals surface area contributed by atoms with Crippen LogP contribution in [-0.2, 0) is 7.05 Å². The number of piperazine rings is 1. The highest BCUT2D eigenvalue weighted by molar-refractivity contribution is 6.29. The number of halogens is 1. The maximum atomic E-state index is 5.99. The number of fused-ring (bicyclic) bond motifs is 1. The van der Waals surface area contributed by atoms with Crippen molar-refractivity contribution >= 4 is 28.5 Å².